The van der Waals surface area contributed by atoms with Crippen molar-refractivity contribution in [3.05, 3.63) is 38.8 Å². The monoisotopic (exact) mass is 313 g/mol. The second-order valence-corrected chi connectivity index (χ2v) is 6.10. The molecular formula is C13H16ClN3O2S. The average Bonchev–Trinajstić information content (AvgIpc) is 3.01. The van der Waals surface area contributed by atoms with Gasteiger partial charge in [0.15, 0.2) is 0 Å². The first-order valence-electron chi connectivity index (χ1n) is 6.27. The van der Waals surface area contributed by atoms with E-state index in [-0.39, 0.29) is 12.5 Å². The zero-order valence-corrected chi connectivity index (χ0v) is 12.8. The van der Waals surface area contributed by atoms with Gasteiger partial charge in [-0.3, -0.25) is 9.48 Å². The van der Waals surface area contributed by atoms with Crippen molar-refractivity contribution in [2.45, 2.75) is 26.5 Å². The molecule has 5 nitrogen and oxygen atoms in total. The third-order valence-corrected chi connectivity index (χ3v) is 4.15. The number of amides is 1. The van der Waals surface area contributed by atoms with Crippen molar-refractivity contribution in [3.8, 4) is 0 Å². The molecule has 108 valence electrons. The lowest BCUT2D eigenvalue weighted by molar-refractivity contribution is 0.0907. The molecule has 0 fully saturated rings. The number of nitrogens with one attached hydrogen (secondary N) is 1. The lowest BCUT2D eigenvalue weighted by atomic mass is 10.3. The van der Waals surface area contributed by atoms with Gasteiger partial charge in [-0.15, -0.1) is 11.3 Å². The smallest absolute Gasteiger partial charge is 0.269 e. The summed E-state index contributed by atoms with van der Waals surface area (Å²) >= 11 is 7.12. The SMILES string of the molecule is CCn1nc(C)cc1C(=O)NC[C@H](O)c1ccc(Cl)s1. The molecular weight excluding hydrogens is 298 g/mol. The average molecular weight is 314 g/mol. The largest absolute Gasteiger partial charge is 0.386 e. The van der Waals surface area contributed by atoms with Gasteiger partial charge in [-0.2, -0.15) is 5.10 Å². The van der Waals surface area contributed by atoms with Crippen molar-refractivity contribution in [2.75, 3.05) is 6.54 Å². The summed E-state index contributed by atoms with van der Waals surface area (Å²) < 4.78 is 2.25. The van der Waals surface area contributed by atoms with Gasteiger partial charge in [0.1, 0.15) is 11.8 Å². The molecule has 0 aromatic carbocycles. The first kappa shape index (κ1) is 15.0. The maximum atomic E-state index is 12.1. The number of hydrogen-bond donors (Lipinski definition) is 2. The lowest BCUT2D eigenvalue weighted by Crippen LogP contribution is -2.30. The van der Waals surface area contributed by atoms with Gasteiger partial charge in [0.25, 0.3) is 5.91 Å². The van der Waals surface area contributed by atoms with E-state index in [9.17, 15) is 9.90 Å². The molecule has 0 aliphatic carbocycles. The molecule has 2 N–H and O–H groups in total. The number of aromatic nitrogens is 2. The van der Waals surface area contributed by atoms with Crippen molar-refractivity contribution in [2.24, 2.45) is 0 Å². The molecule has 2 heterocycles. The second kappa shape index (κ2) is 6.39. The topological polar surface area (TPSA) is 67.2 Å². The van der Waals surface area contributed by atoms with E-state index in [4.69, 9.17) is 11.6 Å². The number of aliphatic hydroxyl groups is 1. The molecule has 0 radical (unpaired) electrons. The summed E-state index contributed by atoms with van der Waals surface area (Å²) in [5, 5.41) is 16.9. The van der Waals surface area contributed by atoms with Crippen molar-refractivity contribution in [3.63, 3.8) is 0 Å². The number of carbonyl (C=O) groups is 1. The van der Waals surface area contributed by atoms with Crippen LogP contribution in [0.4, 0.5) is 0 Å². The van der Waals surface area contributed by atoms with Gasteiger partial charge in [-0.05, 0) is 32.0 Å². The lowest BCUT2D eigenvalue weighted by Gasteiger charge is -2.10. The standard InChI is InChI=1S/C13H16ClN3O2S/c1-3-17-9(6-8(2)16-17)13(19)15-7-10(18)11-4-5-12(14)20-11/h4-6,10,18H,3,7H2,1-2H3,(H,15,19)/t10-/m0/s1. The molecule has 2 rings (SSSR count). The summed E-state index contributed by atoms with van der Waals surface area (Å²) in [7, 11) is 0. The van der Waals surface area contributed by atoms with Gasteiger partial charge in [-0.25, -0.2) is 0 Å². The third-order valence-electron chi connectivity index (χ3n) is 2.81. The van der Waals surface area contributed by atoms with E-state index < -0.39 is 6.10 Å². The Balaban J connectivity index is 1.98. The Morgan fingerprint density at radius 1 is 1.60 bits per heavy atom. The van der Waals surface area contributed by atoms with Crippen LogP contribution in [0.5, 0.6) is 0 Å². The van der Waals surface area contributed by atoms with Gasteiger partial charge in [0, 0.05) is 18.0 Å². The Morgan fingerprint density at radius 2 is 2.35 bits per heavy atom. The number of thiophene rings is 1. The third kappa shape index (κ3) is 3.39. The zero-order chi connectivity index (χ0) is 14.7. The van der Waals surface area contributed by atoms with Crippen LogP contribution in [0.25, 0.3) is 0 Å². The number of carbonyl (C=O) groups excluding carboxylic acids is 1. The van der Waals surface area contributed by atoms with Gasteiger partial charge in [0.05, 0.1) is 10.0 Å². The van der Waals surface area contributed by atoms with Crippen LogP contribution in [0.3, 0.4) is 0 Å². The van der Waals surface area contributed by atoms with E-state index in [0.29, 0.717) is 16.6 Å². The quantitative estimate of drug-likeness (QED) is 0.890. The highest BCUT2D eigenvalue weighted by Gasteiger charge is 2.16. The molecule has 2 aromatic rings. The number of halogens is 1. The Labute approximate surface area is 126 Å². The predicted octanol–water partition coefficient (Wildman–Crippen LogP) is 2.39. The van der Waals surface area contributed by atoms with Crippen molar-refractivity contribution in [1.82, 2.24) is 15.1 Å². The van der Waals surface area contributed by atoms with Crippen molar-refractivity contribution in [1.29, 1.82) is 0 Å². The fourth-order valence-electron chi connectivity index (χ4n) is 1.86. The molecule has 1 atom stereocenters. The molecule has 0 bridgehead atoms. The Kier molecular flexibility index (Phi) is 4.80. The molecule has 2 aromatic heterocycles. The number of hydrogen-bond acceptors (Lipinski definition) is 4. The summed E-state index contributed by atoms with van der Waals surface area (Å²) in [5.74, 6) is -0.242. The normalized spacial score (nSPS) is 12.4. The molecule has 0 aliphatic heterocycles. The fraction of sp³-hybridized carbons (Fsp3) is 0.385. The summed E-state index contributed by atoms with van der Waals surface area (Å²) in [6.07, 6.45) is -0.754. The molecule has 0 aliphatic rings. The first-order valence-corrected chi connectivity index (χ1v) is 7.46. The van der Waals surface area contributed by atoms with Crippen molar-refractivity contribution < 1.29 is 9.90 Å². The number of aliphatic hydroxyl groups excluding tert-OH is 1. The van der Waals surface area contributed by atoms with Gasteiger partial charge in [0.2, 0.25) is 0 Å². The van der Waals surface area contributed by atoms with Crippen LogP contribution in [0.15, 0.2) is 18.2 Å². The molecule has 7 heteroatoms. The van der Waals surface area contributed by atoms with Crippen molar-refractivity contribution >= 4 is 28.8 Å². The van der Waals surface area contributed by atoms with Crippen LogP contribution < -0.4 is 5.32 Å². The van der Waals surface area contributed by atoms with E-state index in [0.717, 1.165) is 10.6 Å². The summed E-state index contributed by atoms with van der Waals surface area (Å²) in [4.78, 5) is 12.8. The zero-order valence-electron chi connectivity index (χ0n) is 11.3. The van der Waals surface area contributed by atoms with Gasteiger partial charge in [-0.1, -0.05) is 11.6 Å². The highest BCUT2D eigenvalue weighted by Crippen LogP contribution is 2.26. The maximum absolute atomic E-state index is 12.1. The minimum absolute atomic E-state index is 0.142. The Hall–Kier alpha value is -1.37. The van der Waals surface area contributed by atoms with E-state index in [1.54, 1.807) is 22.9 Å². The highest BCUT2D eigenvalue weighted by atomic mass is 35.5. The molecule has 0 saturated heterocycles. The number of aryl methyl sites for hydroxylation is 2. The summed E-state index contributed by atoms with van der Waals surface area (Å²) in [5.41, 5.74) is 1.30. The minimum Gasteiger partial charge on any atom is -0.386 e. The van der Waals surface area contributed by atoms with Gasteiger partial charge < -0.3 is 10.4 Å². The molecule has 0 saturated carbocycles. The molecule has 0 spiro atoms. The summed E-state index contributed by atoms with van der Waals surface area (Å²) in [6, 6.07) is 5.21. The van der Waals surface area contributed by atoms with Crippen LogP contribution in [0.1, 0.15) is 34.1 Å². The Bertz CT molecular complexity index is 609. The van der Waals surface area contributed by atoms with Crippen LogP contribution in [0.2, 0.25) is 4.34 Å². The van der Waals surface area contributed by atoms with Crippen LogP contribution in [-0.2, 0) is 6.54 Å². The van der Waals surface area contributed by atoms with E-state index >= 15 is 0 Å². The predicted molar refractivity (Wildman–Crippen MR) is 79.3 cm³/mol. The summed E-state index contributed by atoms with van der Waals surface area (Å²) in [6.45, 7) is 4.53. The minimum atomic E-state index is -0.754. The van der Waals surface area contributed by atoms with E-state index in [2.05, 4.69) is 10.4 Å². The highest BCUT2D eigenvalue weighted by molar-refractivity contribution is 7.16. The first-order chi connectivity index (χ1) is 9.51. The second-order valence-electron chi connectivity index (χ2n) is 4.35. The van der Waals surface area contributed by atoms with Crippen LogP contribution >= 0.6 is 22.9 Å². The molecule has 0 unspecified atom stereocenters. The molecule has 20 heavy (non-hydrogen) atoms. The molecule has 1 amide bonds. The Morgan fingerprint density at radius 3 is 2.95 bits per heavy atom. The van der Waals surface area contributed by atoms with Crippen LogP contribution in [-0.4, -0.2) is 27.3 Å². The number of nitrogens with zero attached hydrogens (tertiary/aromatic N) is 2. The van der Waals surface area contributed by atoms with Gasteiger partial charge >= 0.3 is 0 Å². The van der Waals surface area contributed by atoms with E-state index in [1.807, 2.05) is 13.8 Å². The fourth-order valence-corrected chi connectivity index (χ4v) is 2.90. The van der Waals surface area contributed by atoms with E-state index in [1.165, 1.54) is 11.3 Å². The maximum Gasteiger partial charge on any atom is 0.269 e. The van der Waals surface area contributed by atoms with Crippen LogP contribution in [0, 0.1) is 6.92 Å². The number of rotatable bonds is 5.